The number of ether oxygens (including phenoxy) is 1. The van der Waals surface area contributed by atoms with Crippen molar-refractivity contribution in [3.05, 3.63) is 15.8 Å². The Morgan fingerprint density at radius 1 is 1.14 bits per heavy atom. The van der Waals surface area contributed by atoms with E-state index in [1.165, 1.54) is 4.90 Å². The third-order valence-corrected chi connectivity index (χ3v) is 7.84. The van der Waals surface area contributed by atoms with Gasteiger partial charge in [0.2, 0.25) is 11.8 Å². The smallest absolute Gasteiger partial charge is 0.348 e. The van der Waals surface area contributed by atoms with Crippen LogP contribution in [0, 0.1) is 35.0 Å². The summed E-state index contributed by atoms with van der Waals surface area (Å²) in [5, 5.41) is 10.1. The highest BCUT2D eigenvalue weighted by Crippen LogP contribution is 2.38. The van der Waals surface area contributed by atoms with E-state index >= 15 is 0 Å². The first-order valence-electron chi connectivity index (χ1n) is 13.0. The maximum absolute atomic E-state index is 14.1. The van der Waals surface area contributed by atoms with Crippen molar-refractivity contribution < 1.29 is 24.2 Å². The molecule has 0 aromatic carbocycles. The van der Waals surface area contributed by atoms with Gasteiger partial charge in [-0.05, 0) is 64.4 Å². The lowest BCUT2D eigenvalue weighted by Gasteiger charge is -2.40. The molecule has 0 bridgehead atoms. The van der Waals surface area contributed by atoms with Crippen molar-refractivity contribution in [3.63, 3.8) is 0 Å². The predicted molar refractivity (Wildman–Crippen MR) is 142 cm³/mol. The second kappa shape index (κ2) is 11.8. The Kier molecular flexibility index (Phi) is 9.23. The lowest BCUT2D eigenvalue weighted by atomic mass is 9.81. The topological polar surface area (TPSA) is 87.2 Å². The van der Waals surface area contributed by atoms with Crippen molar-refractivity contribution in [2.75, 3.05) is 31.2 Å². The molecule has 7 nitrogen and oxygen atoms in total. The van der Waals surface area contributed by atoms with Gasteiger partial charge in [0.1, 0.15) is 10.9 Å². The normalized spacial score (nSPS) is 21.5. The van der Waals surface area contributed by atoms with Gasteiger partial charge in [0, 0.05) is 24.4 Å². The van der Waals surface area contributed by atoms with Crippen molar-refractivity contribution in [3.8, 4) is 11.8 Å². The Bertz CT molecular complexity index is 1010. The van der Waals surface area contributed by atoms with Crippen LogP contribution >= 0.6 is 11.3 Å². The Hall–Kier alpha value is -2.37. The van der Waals surface area contributed by atoms with Gasteiger partial charge in [-0.1, -0.05) is 32.6 Å². The predicted octanol–water partition coefficient (Wildman–Crippen LogP) is 4.89. The van der Waals surface area contributed by atoms with E-state index in [4.69, 9.17) is 4.74 Å². The monoisotopic (exact) mass is 516 g/mol. The molecule has 1 aliphatic carbocycles. The molecule has 1 N–H and O–H groups in total. The van der Waals surface area contributed by atoms with Gasteiger partial charge >= 0.3 is 5.97 Å². The van der Waals surface area contributed by atoms with E-state index in [2.05, 4.69) is 18.8 Å². The van der Waals surface area contributed by atoms with Gasteiger partial charge in [-0.25, -0.2) is 4.79 Å². The first-order valence-corrected chi connectivity index (χ1v) is 13.8. The van der Waals surface area contributed by atoms with Crippen LogP contribution in [0.5, 0.6) is 0 Å². The molecule has 0 radical (unpaired) electrons. The van der Waals surface area contributed by atoms with Gasteiger partial charge in [0.05, 0.1) is 23.8 Å². The fraction of sp³-hybridized carbons (Fsp3) is 0.679. The Morgan fingerprint density at radius 2 is 1.75 bits per heavy atom. The summed E-state index contributed by atoms with van der Waals surface area (Å²) in [5.74, 6) is 4.95. The summed E-state index contributed by atoms with van der Waals surface area (Å²) in [6, 6.07) is 0.893. The summed E-state index contributed by atoms with van der Waals surface area (Å²) in [6.45, 7) is 13.8. The zero-order valence-electron chi connectivity index (χ0n) is 22.4. The number of carboxylic acids is 1. The van der Waals surface area contributed by atoms with Crippen molar-refractivity contribution >= 4 is 34.8 Å². The molecule has 1 saturated heterocycles. The number of morpholine rings is 1. The van der Waals surface area contributed by atoms with Gasteiger partial charge in [-0.3, -0.25) is 14.5 Å². The largest absolute Gasteiger partial charge is 0.477 e. The van der Waals surface area contributed by atoms with E-state index < -0.39 is 12.0 Å². The van der Waals surface area contributed by atoms with Crippen LogP contribution in [0.3, 0.4) is 0 Å². The lowest BCUT2D eigenvalue weighted by Crippen LogP contribution is -2.57. The highest BCUT2D eigenvalue weighted by molar-refractivity contribution is 7.15. The fourth-order valence-electron chi connectivity index (χ4n) is 4.80. The summed E-state index contributed by atoms with van der Waals surface area (Å²) in [6.07, 6.45) is 3.39. The van der Waals surface area contributed by atoms with Crippen molar-refractivity contribution in [2.45, 2.75) is 73.3 Å². The summed E-state index contributed by atoms with van der Waals surface area (Å²) in [4.78, 5) is 44.2. The van der Waals surface area contributed by atoms with Crippen LogP contribution in [-0.4, -0.2) is 60.1 Å². The maximum atomic E-state index is 14.1. The van der Waals surface area contributed by atoms with Crippen LogP contribution in [0.25, 0.3) is 0 Å². The van der Waals surface area contributed by atoms with Crippen LogP contribution in [0.15, 0.2) is 6.07 Å². The number of anilines is 1. The lowest BCUT2D eigenvalue weighted by molar-refractivity contribution is -0.140. The van der Waals surface area contributed by atoms with E-state index in [0.717, 1.165) is 37.0 Å². The van der Waals surface area contributed by atoms with Gasteiger partial charge in [0.15, 0.2) is 0 Å². The number of carbonyl (C=O) groups is 3. The second-order valence-corrected chi connectivity index (χ2v) is 12.5. The van der Waals surface area contributed by atoms with E-state index in [0.29, 0.717) is 37.1 Å². The molecule has 2 aliphatic rings. The summed E-state index contributed by atoms with van der Waals surface area (Å²) >= 11 is 1.07. The average Bonchev–Trinajstić information content (AvgIpc) is 3.25. The van der Waals surface area contributed by atoms with Crippen LogP contribution in [0.1, 0.15) is 81.8 Å². The van der Waals surface area contributed by atoms with Gasteiger partial charge in [0.25, 0.3) is 0 Å². The number of hydrogen-bond donors (Lipinski definition) is 1. The summed E-state index contributed by atoms with van der Waals surface area (Å²) < 4.78 is 5.43. The fourth-order valence-corrected chi connectivity index (χ4v) is 5.64. The molecular weight excluding hydrogens is 476 g/mol. The number of nitrogens with zero attached hydrogens (tertiary/aromatic N) is 2. The number of carbonyl (C=O) groups excluding carboxylic acids is 2. The second-order valence-electron chi connectivity index (χ2n) is 11.4. The van der Waals surface area contributed by atoms with E-state index in [1.807, 2.05) is 34.6 Å². The first kappa shape index (κ1) is 28.2. The molecule has 1 aromatic rings. The quantitative estimate of drug-likeness (QED) is 0.544. The van der Waals surface area contributed by atoms with Gasteiger partial charge < -0.3 is 14.7 Å². The SMILES string of the molecule is CC(C)[C@@H](C(=O)N1CCOCC1)N(c1cc(C#CC(C)(C)C)sc1C(=O)O)C(=O)[C@H]1CC[C@H](C)CC1. The molecule has 36 heavy (non-hydrogen) atoms. The van der Waals surface area contributed by atoms with Crippen molar-refractivity contribution in [2.24, 2.45) is 23.2 Å². The minimum absolute atomic E-state index is 0.0474. The van der Waals surface area contributed by atoms with Crippen LogP contribution in [-0.2, 0) is 14.3 Å². The van der Waals surface area contributed by atoms with Crippen LogP contribution < -0.4 is 4.90 Å². The molecule has 1 saturated carbocycles. The highest BCUT2D eigenvalue weighted by atomic mass is 32.1. The van der Waals surface area contributed by atoms with E-state index in [-0.39, 0.29) is 39.6 Å². The number of rotatable bonds is 6. The summed E-state index contributed by atoms with van der Waals surface area (Å²) in [7, 11) is 0. The van der Waals surface area contributed by atoms with Crippen molar-refractivity contribution in [1.82, 2.24) is 4.90 Å². The number of hydrogen-bond acceptors (Lipinski definition) is 5. The molecule has 8 heteroatoms. The third kappa shape index (κ3) is 6.89. The van der Waals surface area contributed by atoms with E-state index in [9.17, 15) is 19.5 Å². The molecule has 2 heterocycles. The molecule has 0 unspecified atom stereocenters. The first-order chi connectivity index (χ1) is 16.9. The van der Waals surface area contributed by atoms with E-state index in [1.54, 1.807) is 11.0 Å². The minimum atomic E-state index is -1.12. The minimum Gasteiger partial charge on any atom is -0.477 e. The molecule has 0 spiro atoms. The Balaban J connectivity index is 2.11. The number of aromatic carboxylic acids is 1. The molecular formula is C28H40N2O5S. The highest BCUT2D eigenvalue weighted by Gasteiger charge is 2.41. The number of carboxylic acid groups (broad SMARTS) is 1. The number of thiophene rings is 1. The molecule has 1 aromatic heterocycles. The standard InChI is InChI=1S/C28H40N2O5S/c1-18(2)23(26(32)29-13-15-35-16-14-29)30(25(31)20-9-7-19(3)8-10-20)22-17-21(11-12-28(4,5)6)36-24(22)27(33)34/h17-20,23H,7-10,13-16H2,1-6H3,(H,33,34)/t19-,20-,23-/m0/s1. The Morgan fingerprint density at radius 3 is 2.28 bits per heavy atom. The third-order valence-electron chi connectivity index (χ3n) is 6.81. The molecule has 2 amide bonds. The Labute approximate surface area is 219 Å². The zero-order valence-corrected chi connectivity index (χ0v) is 23.2. The van der Waals surface area contributed by atoms with Crippen molar-refractivity contribution in [1.29, 1.82) is 0 Å². The average molecular weight is 517 g/mol. The van der Waals surface area contributed by atoms with Gasteiger partial charge in [-0.15, -0.1) is 11.3 Å². The van der Waals surface area contributed by atoms with Crippen LogP contribution in [0.2, 0.25) is 0 Å². The molecule has 1 aliphatic heterocycles. The summed E-state index contributed by atoms with van der Waals surface area (Å²) in [5.41, 5.74) is 0.0314. The maximum Gasteiger partial charge on any atom is 0.348 e. The van der Waals surface area contributed by atoms with Crippen LogP contribution in [0.4, 0.5) is 5.69 Å². The number of amides is 2. The molecule has 2 fully saturated rings. The van der Waals surface area contributed by atoms with Gasteiger partial charge in [-0.2, -0.15) is 0 Å². The molecule has 1 atom stereocenters. The molecule has 3 rings (SSSR count). The zero-order chi connectivity index (χ0) is 26.6. The molecule has 198 valence electrons.